The smallest absolute Gasteiger partial charge is 0.191 e. The molecule has 1 aromatic rings. The van der Waals surface area contributed by atoms with Gasteiger partial charge in [0, 0.05) is 32.3 Å². The molecule has 1 aromatic carbocycles. The molecule has 2 atom stereocenters. The number of halogens is 1. The van der Waals surface area contributed by atoms with Gasteiger partial charge in [-0.25, -0.2) is 0 Å². The Morgan fingerprint density at radius 2 is 1.96 bits per heavy atom. The van der Waals surface area contributed by atoms with E-state index in [0.717, 1.165) is 44.5 Å². The number of aliphatic imine (C=N–C) groups is 1. The molecule has 28 heavy (non-hydrogen) atoms. The second-order valence-electron chi connectivity index (χ2n) is 6.94. The van der Waals surface area contributed by atoms with Gasteiger partial charge in [0.15, 0.2) is 5.96 Å². The number of likely N-dealkylation sites (tertiary alicyclic amines) is 1. The van der Waals surface area contributed by atoms with E-state index < -0.39 is 0 Å². The van der Waals surface area contributed by atoms with E-state index in [1.807, 2.05) is 6.92 Å². The van der Waals surface area contributed by atoms with Gasteiger partial charge in [-0.15, -0.1) is 24.0 Å². The van der Waals surface area contributed by atoms with Gasteiger partial charge in [-0.3, -0.25) is 9.89 Å². The number of ether oxygens (including phenoxy) is 2. The van der Waals surface area contributed by atoms with E-state index in [2.05, 4.69) is 53.8 Å². The molecule has 1 aliphatic heterocycles. The first-order chi connectivity index (χ1) is 13.2. The van der Waals surface area contributed by atoms with E-state index >= 15 is 0 Å². The highest BCUT2D eigenvalue weighted by atomic mass is 127. The van der Waals surface area contributed by atoms with Crippen molar-refractivity contribution < 1.29 is 9.47 Å². The fourth-order valence-electron chi connectivity index (χ4n) is 3.71. The van der Waals surface area contributed by atoms with E-state index in [9.17, 15) is 0 Å². The lowest BCUT2D eigenvalue weighted by Gasteiger charge is -2.39. The SMILES string of the molecule is CCNC(=NCC1CCCN(C)C1c1ccc(OC)cc1)NCCOCC.I. The van der Waals surface area contributed by atoms with Crippen LogP contribution >= 0.6 is 24.0 Å². The number of rotatable bonds is 9. The number of nitrogens with zero attached hydrogens (tertiary/aromatic N) is 2. The van der Waals surface area contributed by atoms with Gasteiger partial charge in [0.2, 0.25) is 0 Å². The molecule has 1 fully saturated rings. The molecule has 0 saturated carbocycles. The van der Waals surface area contributed by atoms with Crippen molar-refractivity contribution in [2.45, 2.75) is 32.7 Å². The summed E-state index contributed by atoms with van der Waals surface area (Å²) in [5.41, 5.74) is 1.34. The maximum atomic E-state index is 5.40. The van der Waals surface area contributed by atoms with E-state index in [4.69, 9.17) is 14.5 Å². The van der Waals surface area contributed by atoms with Crippen molar-refractivity contribution in [3.8, 4) is 5.75 Å². The molecule has 0 aliphatic carbocycles. The number of hydrogen-bond donors (Lipinski definition) is 2. The second-order valence-corrected chi connectivity index (χ2v) is 6.94. The summed E-state index contributed by atoms with van der Waals surface area (Å²) in [7, 11) is 3.93. The summed E-state index contributed by atoms with van der Waals surface area (Å²) in [6.45, 7) is 9.11. The van der Waals surface area contributed by atoms with Crippen LogP contribution in [0.25, 0.3) is 0 Å². The number of benzene rings is 1. The molecule has 0 amide bonds. The van der Waals surface area contributed by atoms with Gasteiger partial charge < -0.3 is 20.1 Å². The maximum absolute atomic E-state index is 5.40. The van der Waals surface area contributed by atoms with Crippen molar-refractivity contribution in [1.29, 1.82) is 0 Å². The van der Waals surface area contributed by atoms with Crippen molar-refractivity contribution in [1.82, 2.24) is 15.5 Å². The lowest BCUT2D eigenvalue weighted by molar-refractivity contribution is 0.125. The van der Waals surface area contributed by atoms with Crippen molar-refractivity contribution in [3.05, 3.63) is 29.8 Å². The fourth-order valence-corrected chi connectivity index (χ4v) is 3.71. The van der Waals surface area contributed by atoms with Gasteiger partial charge in [-0.05, 0) is 63.9 Å². The number of piperidine rings is 1. The van der Waals surface area contributed by atoms with E-state index in [1.54, 1.807) is 7.11 Å². The lowest BCUT2D eigenvalue weighted by atomic mass is 9.85. The summed E-state index contributed by atoms with van der Waals surface area (Å²) < 4.78 is 10.7. The minimum atomic E-state index is 0. The third-order valence-electron chi connectivity index (χ3n) is 5.04. The third kappa shape index (κ3) is 7.75. The third-order valence-corrected chi connectivity index (χ3v) is 5.04. The zero-order valence-corrected chi connectivity index (χ0v) is 20.1. The van der Waals surface area contributed by atoms with Gasteiger partial charge in [-0.2, -0.15) is 0 Å². The molecule has 6 nitrogen and oxygen atoms in total. The highest BCUT2D eigenvalue weighted by molar-refractivity contribution is 14.0. The van der Waals surface area contributed by atoms with Crippen LogP contribution in [0.2, 0.25) is 0 Å². The van der Waals surface area contributed by atoms with Crippen LogP contribution in [0, 0.1) is 5.92 Å². The van der Waals surface area contributed by atoms with E-state index in [-0.39, 0.29) is 24.0 Å². The number of hydrogen-bond acceptors (Lipinski definition) is 4. The molecule has 160 valence electrons. The Bertz CT molecular complexity index is 568. The highest BCUT2D eigenvalue weighted by Crippen LogP contribution is 2.35. The summed E-state index contributed by atoms with van der Waals surface area (Å²) >= 11 is 0. The molecule has 0 aromatic heterocycles. The molecular weight excluding hydrogens is 467 g/mol. The predicted octanol–water partition coefficient (Wildman–Crippen LogP) is 3.29. The first kappa shape index (κ1) is 25.0. The average Bonchev–Trinajstić information content (AvgIpc) is 2.69. The number of methoxy groups -OCH3 is 1. The molecule has 1 saturated heterocycles. The lowest BCUT2D eigenvalue weighted by Crippen LogP contribution is -2.41. The van der Waals surface area contributed by atoms with Crippen LogP contribution in [0.5, 0.6) is 5.75 Å². The fraction of sp³-hybridized carbons (Fsp3) is 0.667. The first-order valence-corrected chi connectivity index (χ1v) is 10.1. The van der Waals surface area contributed by atoms with Crippen LogP contribution in [-0.4, -0.2) is 64.4 Å². The van der Waals surface area contributed by atoms with Crippen molar-refractivity contribution in [2.24, 2.45) is 10.9 Å². The predicted molar refractivity (Wildman–Crippen MR) is 127 cm³/mol. The molecule has 0 spiro atoms. The Kier molecular flexibility index (Phi) is 12.5. The summed E-state index contributed by atoms with van der Waals surface area (Å²) in [5, 5.41) is 6.69. The Hall–Kier alpha value is -1.06. The molecule has 1 heterocycles. The largest absolute Gasteiger partial charge is 0.497 e. The second kappa shape index (κ2) is 14.0. The van der Waals surface area contributed by atoms with Crippen LogP contribution in [0.1, 0.15) is 38.3 Å². The number of nitrogens with one attached hydrogen (secondary N) is 2. The van der Waals surface area contributed by atoms with Gasteiger partial charge in [0.1, 0.15) is 5.75 Å². The van der Waals surface area contributed by atoms with Crippen LogP contribution in [0.15, 0.2) is 29.3 Å². The van der Waals surface area contributed by atoms with E-state index in [0.29, 0.717) is 18.6 Å². The molecule has 2 N–H and O–H groups in total. The minimum Gasteiger partial charge on any atom is -0.497 e. The summed E-state index contributed by atoms with van der Waals surface area (Å²) in [6, 6.07) is 8.87. The van der Waals surface area contributed by atoms with E-state index in [1.165, 1.54) is 18.4 Å². The summed E-state index contributed by atoms with van der Waals surface area (Å²) in [5.74, 6) is 2.28. The Labute approximate surface area is 187 Å². The molecule has 2 rings (SSSR count). The molecule has 0 radical (unpaired) electrons. The first-order valence-electron chi connectivity index (χ1n) is 10.1. The monoisotopic (exact) mass is 504 g/mol. The average molecular weight is 504 g/mol. The van der Waals surface area contributed by atoms with Crippen LogP contribution in [-0.2, 0) is 4.74 Å². The van der Waals surface area contributed by atoms with Gasteiger partial charge in [0.25, 0.3) is 0 Å². The van der Waals surface area contributed by atoms with Gasteiger partial charge in [0.05, 0.1) is 13.7 Å². The zero-order chi connectivity index (χ0) is 19.5. The van der Waals surface area contributed by atoms with Crippen LogP contribution in [0.3, 0.4) is 0 Å². The quantitative estimate of drug-likeness (QED) is 0.234. The zero-order valence-electron chi connectivity index (χ0n) is 17.7. The number of guanidine groups is 1. The van der Waals surface area contributed by atoms with Gasteiger partial charge in [-0.1, -0.05) is 12.1 Å². The van der Waals surface area contributed by atoms with Crippen LogP contribution < -0.4 is 15.4 Å². The summed E-state index contributed by atoms with van der Waals surface area (Å²) in [4.78, 5) is 7.33. The van der Waals surface area contributed by atoms with Crippen molar-refractivity contribution in [3.63, 3.8) is 0 Å². The molecule has 0 bridgehead atoms. The normalized spacial score (nSPS) is 20.4. The van der Waals surface area contributed by atoms with Crippen LogP contribution in [0.4, 0.5) is 0 Å². The highest BCUT2D eigenvalue weighted by Gasteiger charge is 2.30. The van der Waals surface area contributed by atoms with Crippen molar-refractivity contribution in [2.75, 3.05) is 53.6 Å². The topological polar surface area (TPSA) is 58.1 Å². The Balaban J connectivity index is 0.00000392. The molecule has 7 heteroatoms. The van der Waals surface area contributed by atoms with Gasteiger partial charge >= 0.3 is 0 Å². The maximum Gasteiger partial charge on any atom is 0.191 e. The molecule has 1 aliphatic rings. The summed E-state index contributed by atoms with van der Waals surface area (Å²) in [6.07, 6.45) is 2.42. The van der Waals surface area contributed by atoms with Crippen molar-refractivity contribution >= 4 is 29.9 Å². The molecule has 2 unspecified atom stereocenters. The minimum absolute atomic E-state index is 0. The standard InChI is InChI=1S/C21H36N4O2.HI/c1-5-22-21(23-13-15-27-6-2)24-16-18-8-7-14-25(3)20(18)17-9-11-19(26-4)12-10-17;/h9-12,18,20H,5-8,13-16H2,1-4H3,(H2,22,23,24);1H. The molecular formula is C21H37IN4O2. The Morgan fingerprint density at radius 3 is 2.61 bits per heavy atom. The Morgan fingerprint density at radius 1 is 1.21 bits per heavy atom.